The fourth-order valence-corrected chi connectivity index (χ4v) is 9.38. The summed E-state index contributed by atoms with van der Waals surface area (Å²) in [6.45, 7) is 14.7. The minimum absolute atomic E-state index is 0.0487. The van der Waals surface area contributed by atoms with E-state index in [1.165, 1.54) is 11.1 Å². The molecule has 0 fully saturated rings. The lowest BCUT2D eigenvalue weighted by molar-refractivity contribution is 0.469. The van der Waals surface area contributed by atoms with Crippen LogP contribution >= 0.6 is 11.8 Å². The van der Waals surface area contributed by atoms with Gasteiger partial charge >= 0.3 is 0 Å². The molecular formula is C45H52FN5OS. The van der Waals surface area contributed by atoms with Gasteiger partial charge in [-0.05, 0) is 109 Å². The Labute approximate surface area is 318 Å². The molecule has 0 radical (unpaired) electrons. The number of unbranched alkanes of at least 4 members (excludes halogenated alkanes) is 1. The molecule has 0 spiro atoms. The number of benzene rings is 2. The average molecular weight is 730 g/mol. The van der Waals surface area contributed by atoms with Crippen molar-refractivity contribution in [2.45, 2.75) is 107 Å². The Hall–Kier alpha value is -4.65. The van der Waals surface area contributed by atoms with E-state index in [1.807, 2.05) is 62.3 Å². The molecule has 3 N–H and O–H groups in total. The summed E-state index contributed by atoms with van der Waals surface area (Å²) in [6.07, 6.45) is 14.1. The number of allylic oxidation sites excluding steroid dienone is 1. The number of aromatic nitrogens is 2. The first-order chi connectivity index (χ1) is 25.8. The molecule has 1 aliphatic heterocycles. The molecule has 6 nitrogen and oxygen atoms in total. The highest BCUT2D eigenvalue weighted by atomic mass is 32.2. The van der Waals surface area contributed by atoms with Crippen molar-refractivity contribution in [3.05, 3.63) is 135 Å². The van der Waals surface area contributed by atoms with Crippen LogP contribution in [-0.4, -0.2) is 27.8 Å². The van der Waals surface area contributed by atoms with Crippen LogP contribution in [0.1, 0.15) is 126 Å². The van der Waals surface area contributed by atoms with Crippen molar-refractivity contribution >= 4 is 29.4 Å². The fraction of sp³-hybridized carbons (Fsp3) is 0.378. The average Bonchev–Trinajstić information content (AvgIpc) is 3.80. The zero-order valence-corrected chi connectivity index (χ0v) is 32.4. The Bertz CT molecular complexity index is 2050. The van der Waals surface area contributed by atoms with Crippen LogP contribution in [0, 0.1) is 5.82 Å². The Morgan fingerprint density at radius 1 is 1.21 bits per heavy atom. The van der Waals surface area contributed by atoms with E-state index in [2.05, 4.69) is 55.6 Å². The van der Waals surface area contributed by atoms with Crippen molar-refractivity contribution in [2.24, 2.45) is 5.10 Å². The van der Waals surface area contributed by atoms with E-state index < -0.39 is 0 Å². The van der Waals surface area contributed by atoms with Crippen LogP contribution in [0.15, 0.2) is 83.6 Å². The van der Waals surface area contributed by atoms with Gasteiger partial charge in [0, 0.05) is 36.0 Å². The molecule has 2 aromatic carbocycles. The van der Waals surface area contributed by atoms with Gasteiger partial charge in [0.25, 0.3) is 0 Å². The lowest BCUT2D eigenvalue weighted by Crippen LogP contribution is -2.20. The maximum absolute atomic E-state index is 15.0. The number of halogens is 1. The van der Waals surface area contributed by atoms with Crippen molar-refractivity contribution in [3.8, 4) is 5.75 Å². The van der Waals surface area contributed by atoms with Crippen molar-refractivity contribution in [1.82, 2.24) is 15.4 Å². The number of nitrogens with zero attached hydrogens (tertiary/aromatic N) is 3. The van der Waals surface area contributed by atoms with Gasteiger partial charge in [-0.15, -0.1) is 17.5 Å². The molecule has 6 rings (SSSR count). The summed E-state index contributed by atoms with van der Waals surface area (Å²) in [5.74, 6) is 1.31. The second kappa shape index (κ2) is 17.5. The topological polar surface area (TPSA) is 82.4 Å². The first-order valence-electron chi connectivity index (χ1n) is 19.1. The van der Waals surface area contributed by atoms with Gasteiger partial charge in [-0.2, -0.15) is 5.10 Å². The molecule has 2 aliphatic rings. The summed E-state index contributed by atoms with van der Waals surface area (Å²) in [5.41, 5.74) is 17.3. The van der Waals surface area contributed by atoms with E-state index in [0.717, 1.165) is 99.7 Å². The lowest BCUT2D eigenvalue weighted by atomic mass is 9.85. The lowest BCUT2D eigenvalue weighted by Gasteiger charge is -2.26. The molecule has 3 unspecified atom stereocenters. The van der Waals surface area contributed by atoms with Crippen LogP contribution in [0.3, 0.4) is 0 Å². The number of pyridine rings is 2. The Balaban J connectivity index is 1.47. The molecule has 0 amide bonds. The molecule has 0 saturated carbocycles. The standard InChI is InChI=1S/C45H52FN5OS/c1-7-11-14-28(5)43-32(10-4)41(40-27-31-24-25-48-45(44(31)53-40)50-36-23-21-34-33(36)15-13-17-39(34)52)42(38(51-47-6)16-12-8-2)37(49-43)22-19-29-18-20-30(9-3)35(46)26-29/h10,12-13,15,17-18,20,24-26,28,36,40,47,52H,2,4,7,9,11,14,16,19,21-23,27H2,1,3,5-6H3,(H,48,50)/b51-38+. The number of phenolic OH excluding ortho intramolecular Hbond substituents is 1. The number of thioether (sulfide) groups is 1. The van der Waals surface area contributed by atoms with Crippen molar-refractivity contribution < 1.29 is 9.50 Å². The maximum atomic E-state index is 15.0. The quantitative estimate of drug-likeness (QED) is 0.0605. The minimum Gasteiger partial charge on any atom is -0.508 e. The zero-order chi connectivity index (χ0) is 37.5. The second-order valence-corrected chi connectivity index (χ2v) is 15.3. The fourth-order valence-electron chi connectivity index (χ4n) is 7.95. The molecule has 4 aromatic rings. The molecule has 3 heterocycles. The number of hydrogen-bond acceptors (Lipinski definition) is 7. The van der Waals surface area contributed by atoms with Crippen molar-refractivity contribution in [2.75, 3.05) is 12.4 Å². The summed E-state index contributed by atoms with van der Waals surface area (Å²) in [6, 6.07) is 13.6. The van der Waals surface area contributed by atoms with Crippen LogP contribution < -0.4 is 10.7 Å². The molecule has 3 atom stereocenters. The van der Waals surface area contributed by atoms with Crippen LogP contribution in [0.2, 0.25) is 0 Å². The van der Waals surface area contributed by atoms with Gasteiger partial charge < -0.3 is 15.8 Å². The molecular weight excluding hydrogens is 678 g/mol. The third-order valence-corrected chi connectivity index (χ3v) is 12.1. The molecule has 2 aromatic heterocycles. The van der Waals surface area contributed by atoms with Crippen LogP contribution in [-0.2, 0) is 32.1 Å². The van der Waals surface area contributed by atoms with E-state index in [0.29, 0.717) is 31.4 Å². The van der Waals surface area contributed by atoms with E-state index >= 15 is 0 Å². The largest absolute Gasteiger partial charge is 0.508 e. The van der Waals surface area contributed by atoms with Gasteiger partial charge in [0.1, 0.15) is 17.4 Å². The van der Waals surface area contributed by atoms with E-state index in [4.69, 9.17) is 15.1 Å². The molecule has 53 heavy (non-hydrogen) atoms. The van der Waals surface area contributed by atoms with Gasteiger partial charge in [-0.25, -0.2) is 9.37 Å². The molecule has 0 saturated heterocycles. The normalized spacial score (nSPS) is 16.8. The van der Waals surface area contributed by atoms with Crippen molar-refractivity contribution in [1.29, 1.82) is 0 Å². The maximum Gasteiger partial charge on any atom is 0.140 e. The van der Waals surface area contributed by atoms with Crippen LogP contribution in [0.4, 0.5) is 10.2 Å². The highest BCUT2D eigenvalue weighted by Gasteiger charge is 2.35. The minimum atomic E-state index is -0.153. The van der Waals surface area contributed by atoms with Gasteiger partial charge in [-0.3, -0.25) is 4.98 Å². The smallest absolute Gasteiger partial charge is 0.140 e. The van der Waals surface area contributed by atoms with Gasteiger partial charge in [-0.1, -0.05) is 77.1 Å². The number of rotatable bonds is 16. The SMILES string of the molecule is C=C=CC/C(=N\NC)c1c(CCc2ccc(CC)c(F)c2)nc(C(C)CCCC)c(C=C)c1C1Cc2ccnc(NC3CCc4c(O)cccc43)c2S1. The Morgan fingerprint density at radius 3 is 2.79 bits per heavy atom. The predicted octanol–water partition coefficient (Wildman–Crippen LogP) is 10.7. The molecule has 276 valence electrons. The summed E-state index contributed by atoms with van der Waals surface area (Å²) < 4.78 is 15.0. The summed E-state index contributed by atoms with van der Waals surface area (Å²) >= 11 is 1.84. The van der Waals surface area contributed by atoms with E-state index in [-0.39, 0.29) is 23.0 Å². The third-order valence-electron chi connectivity index (χ3n) is 10.7. The first kappa shape index (κ1) is 38.1. The summed E-state index contributed by atoms with van der Waals surface area (Å²) in [5, 5.41) is 19.2. The Morgan fingerprint density at radius 2 is 2.06 bits per heavy atom. The Kier molecular flexibility index (Phi) is 12.5. The monoisotopic (exact) mass is 729 g/mol. The number of hydrogen-bond donors (Lipinski definition) is 3. The number of hydrazone groups is 1. The molecule has 0 bridgehead atoms. The number of anilines is 1. The predicted molar refractivity (Wildman–Crippen MR) is 219 cm³/mol. The number of fused-ring (bicyclic) bond motifs is 2. The van der Waals surface area contributed by atoms with Crippen LogP contribution in [0.5, 0.6) is 5.75 Å². The van der Waals surface area contributed by atoms with Crippen molar-refractivity contribution in [3.63, 3.8) is 0 Å². The molecule has 1 aliphatic carbocycles. The first-order valence-corrected chi connectivity index (χ1v) is 20.0. The highest BCUT2D eigenvalue weighted by molar-refractivity contribution is 8.00. The third kappa shape index (κ3) is 8.14. The van der Waals surface area contributed by atoms with E-state index in [9.17, 15) is 9.50 Å². The zero-order valence-electron chi connectivity index (χ0n) is 31.6. The van der Waals surface area contributed by atoms with Gasteiger partial charge in [0.05, 0.1) is 28.0 Å². The number of nitrogens with one attached hydrogen (secondary N) is 2. The highest BCUT2D eigenvalue weighted by Crippen LogP contribution is 2.53. The van der Waals surface area contributed by atoms with Crippen LogP contribution in [0.25, 0.3) is 6.08 Å². The second-order valence-electron chi connectivity index (χ2n) is 14.1. The number of aryl methyl sites for hydroxylation is 3. The van der Waals surface area contributed by atoms with Gasteiger partial charge in [0.2, 0.25) is 0 Å². The van der Waals surface area contributed by atoms with Gasteiger partial charge in [0.15, 0.2) is 0 Å². The summed E-state index contributed by atoms with van der Waals surface area (Å²) in [4.78, 5) is 11.5. The molecule has 8 heteroatoms. The number of phenols is 1. The number of aromatic hydroxyl groups is 1. The van der Waals surface area contributed by atoms with E-state index in [1.54, 1.807) is 12.1 Å². The summed E-state index contributed by atoms with van der Waals surface area (Å²) in [7, 11) is 1.82.